The third-order valence-corrected chi connectivity index (χ3v) is 4.24. The minimum atomic E-state index is -0.518. The van der Waals surface area contributed by atoms with Gasteiger partial charge in [-0.05, 0) is 18.2 Å². The van der Waals surface area contributed by atoms with Crippen LogP contribution in [0.3, 0.4) is 0 Å². The topological polar surface area (TPSA) is 113 Å². The van der Waals surface area contributed by atoms with Crippen molar-refractivity contribution in [3.05, 3.63) is 79.9 Å². The lowest BCUT2D eigenvalue weighted by atomic mass is 10.1. The molecule has 0 aliphatic carbocycles. The molecule has 1 amide bonds. The van der Waals surface area contributed by atoms with Crippen LogP contribution in [0.5, 0.6) is 0 Å². The molecule has 0 fully saturated rings. The summed E-state index contributed by atoms with van der Waals surface area (Å²) in [6, 6.07) is 12.4. The molecule has 0 saturated heterocycles. The Morgan fingerprint density at radius 2 is 2.00 bits per heavy atom. The van der Waals surface area contributed by atoms with Gasteiger partial charge in [-0.3, -0.25) is 20.0 Å². The standard InChI is InChI=1S/C17H11Cl2N5O3/c18-13-5-4-11(7-14(13)19)15-8-16(22-21-15)17(25)23-20-9-10-2-1-3-12(6-10)24(26)27/h1-9H,(H,21,22)(H,23,25). The Bertz CT molecular complexity index is 1050. The van der Waals surface area contributed by atoms with Crippen molar-refractivity contribution >= 4 is 41.0 Å². The van der Waals surface area contributed by atoms with E-state index in [4.69, 9.17) is 23.2 Å². The zero-order valence-electron chi connectivity index (χ0n) is 13.5. The Hall–Kier alpha value is -3.23. The number of hydrazone groups is 1. The highest BCUT2D eigenvalue weighted by molar-refractivity contribution is 6.42. The lowest BCUT2D eigenvalue weighted by Crippen LogP contribution is -2.18. The number of non-ortho nitro benzene ring substituents is 1. The van der Waals surface area contributed by atoms with Crippen LogP contribution in [0.4, 0.5) is 5.69 Å². The molecule has 0 radical (unpaired) electrons. The van der Waals surface area contributed by atoms with Gasteiger partial charge in [0.1, 0.15) is 5.69 Å². The van der Waals surface area contributed by atoms with E-state index in [-0.39, 0.29) is 11.4 Å². The number of nitrogens with zero attached hydrogens (tertiary/aromatic N) is 3. The predicted molar refractivity (Wildman–Crippen MR) is 102 cm³/mol. The number of amides is 1. The van der Waals surface area contributed by atoms with E-state index in [1.54, 1.807) is 24.3 Å². The van der Waals surface area contributed by atoms with Gasteiger partial charge in [0.25, 0.3) is 11.6 Å². The van der Waals surface area contributed by atoms with Crippen molar-refractivity contribution < 1.29 is 9.72 Å². The minimum absolute atomic E-state index is 0.0647. The van der Waals surface area contributed by atoms with Crippen LogP contribution in [0.15, 0.2) is 53.6 Å². The monoisotopic (exact) mass is 403 g/mol. The fourth-order valence-electron chi connectivity index (χ4n) is 2.19. The van der Waals surface area contributed by atoms with Gasteiger partial charge in [-0.2, -0.15) is 10.2 Å². The summed E-state index contributed by atoms with van der Waals surface area (Å²) in [4.78, 5) is 22.4. The maximum atomic E-state index is 12.1. The molecule has 0 spiro atoms. The normalized spacial score (nSPS) is 10.9. The predicted octanol–water partition coefficient (Wildman–Crippen LogP) is 4.06. The number of hydrogen-bond acceptors (Lipinski definition) is 5. The fourth-order valence-corrected chi connectivity index (χ4v) is 2.48. The zero-order valence-corrected chi connectivity index (χ0v) is 15.0. The lowest BCUT2D eigenvalue weighted by molar-refractivity contribution is -0.384. The first kappa shape index (κ1) is 18.6. The molecule has 0 aliphatic rings. The van der Waals surface area contributed by atoms with Gasteiger partial charge < -0.3 is 0 Å². The van der Waals surface area contributed by atoms with Gasteiger partial charge in [-0.25, -0.2) is 5.43 Å². The Morgan fingerprint density at radius 1 is 1.19 bits per heavy atom. The first-order chi connectivity index (χ1) is 12.9. The van der Waals surface area contributed by atoms with Crippen LogP contribution in [0.2, 0.25) is 10.0 Å². The molecule has 0 saturated carbocycles. The van der Waals surface area contributed by atoms with Gasteiger partial charge in [0, 0.05) is 23.3 Å². The first-order valence-electron chi connectivity index (χ1n) is 7.53. The molecule has 0 unspecified atom stereocenters. The molecular weight excluding hydrogens is 393 g/mol. The van der Waals surface area contributed by atoms with Crippen molar-refractivity contribution in [3.63, 3.8) is 0 Å². The Labute approximate surface area is 163 Å². The van der Waals surface area contributed by atoms with E-state index in [1.807, 2.05) is 0 Å². The molecule has 1 aromatic heterocycles. The molecule has 2 N–H and O–H groups in total. The van der Waals surface area contributed by atoms with Gasteiger partial charge in [0.05, 0.1) is 26.9 Å². The molecule has 0 aliphatic heterocycles. The maximum Gasteiger partial charge on any atom is 0.289 e. The summed E-state index contributed by atoms with van der Waals surface area (Å²) in [5, 5.41) is 22.0. The van der Waals surface area contributed by atoms with Crippen LogP contribution >= 0.6 is 23.2 Å². The maximum absolute atomic E-state index is 12.1. The minimum Gasteiger partial charge on any atom is -0.272 e. The third kappa shape index (κ3) is 4.49. The number of carbonyl (C=O) groups excluding carboxylic acids is 1. The summed E-state index contributed by atoms with van der Waals surface area (Å²) >= 11 is 11.9. The van der Waals surface area contributed by atoms with Crippen LogP contribution in [0, 0.1) is 10.1 Å². The van der Waals surface area contributed by atoms with Crippen molar-refractivity contribution in [2.75, 3.05) is 0 Å². The summed E-state index contributed by atoms with van der Waals surface area (Å²) in [5.74, 6) is -0.518. The van der Waals surface area contributed by atoms with Crippen LogP contribution in [-0.2, 0) is 0 Å². The zero-order chi connectivity index (χ0) is 19.4. The summed E-state index contributed by atoms with van der Waals surface area (Å²) in [6.07, 6.45) is 1.31. The SMILES string of the molecule is O=C(NN=Cc1cccc([N+](=O)[O-])c1)c1cc(-c2ccc(Cl)c(Cl)c2)n[nH]1. The van der Waals surface area contributed by atoms with Crippen molar-refractivity contribution in [3.8, 4) is 11.3 Å². The molecule has 27 heavy (non-hydrogen) atoms. The molecule has 3 aromatic rings. The molecule has 10 heteroatoms. The van der Waals surface area contributed by atoms with E-state index in [2.05, 4.69) is 20.7 Å². The average Bonchev–Trinajstić information content (AvgIpc) is 3.14. The van der Waals surface area contributed by atoms with Crippen LogP contribution in [0.1, 0.15) is 16.1 Å². The van der Waals surface area contributed by atoms with E-state index in [0.29, 0.717) is 26.9 Å². The highest BCUT2D eigenvalue weighted by Crippen LogP contribution is 2.27. The molecule has 2 aromatic carbocycles. The van der Waals surface area contributed by atoms with Gasteiger partial charge in [-0.15, -0.1) is 0 Å². The molecular formula is C17H11Cl2N5O3. The van der Waals surface area contributed by atoms with E-state index in [9.17, 15) is 14.9 Å². The second-order valence-electron chi connectivity index (χ2n) is 5.35. The van der Waals surface area contributed by atoms with Crippen LogP contribution in [-0.4, -0.2) is 27.2 Å². The lowest BCUT2D eigenvalue weighted by Gasteiger charge is -1.99. The number of nitrogens with one attached hydrogen (secondary N) is 2. The van der Waals surface area contributed by atoms with Crippen molar-refractivity contribution in [1.29, 1.82) is 0 Å². The molecule has 1 heterocycles. The number of nitro groups is 1. The quantitative estimate of drug-likeness (QED) is 0.379. The van der Waals surface area contributed by atoms with Crippen molar-refractivity contribution in [1.82, 2.24) is 15.6 Å². The highest BCUT2D eigenvalue weighted by Gasteiger charge is 2.11. The number of H-pyrrole nitrogens is 1. The van der Waals surface area contributed by atoms with Gasteiger partial charge in [0.2, 0.25) is 0 Å². The second-order valence-corrected chi connectivity index (χ2v) is 6.16. The Kier molecular flexibility index (Phi) is 5.49. The number of aromatic amines is 1. The summed E-state index contributed by atoms with van der Waals surface area (Å²) in [6.45, 7) is 0. The fraction of sp³-hybridized carbons (Fsp3) is 0. The smallest absolute Gasteiger partial charge is 0.272 e. The third-order valence-electron chi connectivity index (χ3n) is 3.50. The van der Waals surface area contributed by atoms with Crippen molar-refractivity contribution in [2.45, 2.75) is 0 Å². The number of nitro benzene ring substituents is 1. The summed E-state index contributed by atoms with van der Waals surface area (Å²) in [7, 11) is 0. The van der Waals surface area contributed by atoms with E-state index >= 15 is 0 Å². The molecule has 136 valence electrons. The second kappa shape index (κ2) is 7.98. The van der Waals surface area contributed by atoms with Crippen LogP contribution in [0.25, 0.3) is 11.3 Å². The van der Waals surface area contributed by atoms with E-state index in [0.717, 1.165) is 0 Å². The van der Waals surface area contributed by atoms with Gasteiger partial charge in [0.15, 0.2) is 0 Å². The van der Waals surface area contributed by atoms with Gasteiger partial charge in [-0.1, -0.05) is 41.4 Å². The van der Waals surface area contributed by atoms with Crippen LogP contribution < -0.4 is 5.43 Å². The number of carbonyl (C=O) groups is 1. The largest absolute Gasteiger partial charge is 0.289 e. The Morgan fingerprint density at radius 3 is 2.74 bits per heavy atom. The van der Waals surface area contributed by atoms with E-state index in [1.165, 1.54) is 30.5 Å². The number of hydrogen-bond donors (Lipinski definition) is 2. The Balaban J connectivity index is 1.68. The van der Waals surface area contributed by atoms with Crippen molar-refractivity contribution in [2.24, 2.45) is 5.10 Å². The van der Waals surface area contributed by atoms with E-state index < -0.39 is 10.8 Å². The first-order valence-corrected chi connectivity index (χ1v) is 8.28. The number of aromatic nitrogens is 2. The summed E-state index contributed by atoms with van der Waals surface area (Å²) < 4.78 is 0. The number of halogens is 2. The average molecular weight is 404 g/mol. The van der Waals surface area contributed by atoms with Gasteiger partial charge >= 0.3 is 0 Å². The molecule has 0 atom stereocenters. The number of rotatable bonds is 5. The molecule has 3 rings (SSSR count). The highest BCUT2D eigenvalue weighted by atomic mass is 35.5. The summed E-state index contributed by atoms with van der Waals surface area (Å²) in [5.41, 5.74) is 4.13. The molecule has 8 nitrogen and oxygen atoms in total. The number of benzene rings is 2. The molecule has 0 bridgehead atoms.